The van der Waals surface area contributed by atoms with Crippen LogP contribution < -0.4 is 10.1 Å². The minimum Gasteiger partial charge on any atom is -0.494 e. The fourth-order valence-electron chi connectivity index (χ4n) is 3.49. The third-order valence-corrected chi connectivity index (χ3v) is 5.32. The molecule has 0 atom stereocenters. The van der Waals surface area contributed by atoms with Crippen LogP contribution in [0.1, 0.15) is 38.2 Å². The summed E-state index contributed by atoms with van der Waals surface area (Å²) in [5.41, 5.74) is 1.28. The molecule has 5 nitrogen and oxygen atoms in total. The molecule has 1 aliphatic rings. The summed E-state index contributed by atoms with van der Waals surface area (Å²) in [6.07, 6.45) is 3.41. The molecule has 0 saturated carbocycles. The summed E-state index contributed by atoms with van der Waals surface area (Å²) in [7, 11) is 0. The van der Waals surface area contributed by atoms with Crippen LogP contribution in [-0.2, 0) is 5.41 Å². The zero-order chi connectivity index (χ0) is 19.8. The quantitative estimate of drug-likeness (QED) is 0.724. The van der Waals surface area contributed by atoms with Crippen molar-refractivity contribution >= 4 is 11.7 Å². The summed E-state index contributed by atoms with van der Waals surface area (Å²) in [5.74, 6) is 0.811. The number of nitrogens with zero attached hydrogens (tertiary/aromatic N) is 2. The second-order valence-corrected chi connectivity index (χ2v) is 7.20. The van der Waals surface area contributed by atoms with Crippen LogP contribution in [0.15, 0.2) is 54.6 Å². The van der Waals surface area contributed by atoms with Gasteiger partial charge in [-0.2, -0.15) is 5.26 Å². The number of likely N-dealkylation sites (tertiary alicyclic amines) is 1. The maximum Gasteiger partial charge on any atom is 0.321 e. The average Bonchev–Trinajstić information content (AvgIpc) is 2.76. The predicted octanol–water partition coefficient (Wildman–Crippen LogP) is 4.95. The van der Waals surface area contributed by atoms with Gasteiger partial charge in [-0.3, -0.25) is 0 Å². The van der Waals surface area contributed by atoms with E-state index in [9.17, 15) is 10.1 Å². The number of benzene rings is 2. The molecule has 0 radical (unpaired) electrons. The van der Waals surface area contributed by atoms with Crippen molar-refractivity contribution < 1.29 is 9.53 Å². The van der Waals surface area contributed by atoms with Crippen molar-refractivity contribution in [1.82, 2.24) is 4.90 Å². The Morgan fingerprint density at radius 1 is 1.14 bits per heavy atom. The second-order valence-electron chi connectivity index (χ2n) is 7.20. The molecule has 0 spiro atoms. The molecule has 1 heterocycles. The minimum absolute atomic E-state index is 0.126. The van der Waals surface area contributed by atoms with Gasteiger partial charge in [0.1, 0.15) is 5.75 Å². The normalized spacial score (nSPS) is 15.5. The summed E-state index contributed by atoms with van der Waals surface area (Å²) in [6, 6.07) is 19.7. The maximum absolute atomic E-state index is 12.6. The average molecular weight is 377 g/mol. The van der Waals surface area contributed by atoms with Crippen LogP contribution in [0.3, 0.4) is 0 Å². The van der Waals surface area contributed by atoms with E-state index in [2.05, 4.69) is 18.3 Å². The van der Waals surface area contributed by atoms with Gasteiger partial charge in [0.05, 0.1) is 18.1 Å². The van der Waals surface area contributed by atoms with Gasteiger partial charge in [-0.25, -0.2) is 4.79 Å². The van der Waals surface area contributed by atoms with Gasteiger partial charge in [0.15, 0.2) is 0 Å². The molecule has 1 saturated heterocycles. The Morgan fingerprint density at radius 3 is 2.43 bits per heavy atom. The Bertz CT molecular complexity index is 804. The number of carbonyl (C=O) groups excluding carboxylic acids is 1. The Hall–Kier alpha value is -3.00. The Balaban J connectivity index is 1.55. The number of hydrogen-bond donors (Lipinski definition) is 1. The summed E-state index contributed by atoms with van der Waals surface area (Å²) < 4.78 is 5.65. The number of nitrogens with one attached hydrogen (secondary N) is 1. The molecule has 2 amide bonds. The maximum atomic E-state index is 12.6. The lowest BCUT2D eigenvalue weighted by atomic mass is 9.74. The van der Waals surface area contributed by atoms with Crippen molar-refractivity contribution in [3.8, 4) is 11.8 Å². The van der Waals surface area contributed by atoms with Gasteiger partial charge >= 0.3 is 6.03 Å². The van der Waals surface area contributed by atoms with Crippen LogP contribution in [0, 0.1) is 11.3 Å². The van der Waals surface area contributed by atoms with Gasteiger partial charge < -0.3 is 15.0 Å². The number of hydrogen-bond acceptors (Lipinski definition) is 3. The largest absolute Gasteiger partial charge is 0.494 e. The molecule has 1 fully saturated rings. The zero-order valence-electron chi connectivity index (χ0n) is 16.4. The van der Waals surface area contributed by atoms with Crippen molar-refractivity contribution in [2.75, 3.05) is 25.0 Å². The first kappa shape index (κ1) is 19.8. The van der Waals surface area contributed by atoms with Crippen molar-refractivity contribution in [3.05, 3.63) is 60.2 Å². The van der Waals surface area contributed by atoms with Gasteiger partial charge in [0.2, 0.25) is 0 Å². The number of amides is 2. The first-order valence-electron chi connectivity index (χ1n) is 9.92. The molecule has 3 rings (SSSR count). The molecule has 0 aromatic heterocycles. The van der Waals surface area contributed by atoms with E-state index in [-0.39, 0.29) is 6.03 Å². The number of piperidine rings is 1. The van der Waals surface area contributed by atoms with E-state index in [1.807, 2.05) is 54.6 Å². The highest BCUT2D eigenvalue weighted by atomic mass is 16.5. The van der Waals surface area contributed by atoms with Crippen LogP contribution in [0.2, 0.25) is 0 Å². The second kappa shape index (κ2) is 9.27. The first-order valence-corrected chi connectivity index (χ1v) is 9.92. The predicted molar refractivity (Wildman–Crippen MR) is 110 cm³/mol. The van der Waals surface area contributed by atoms with Crippen molar-refractivity contribution in [2.24, 2.45) is 0 Å². The highest BCUT2D eigenvalue weighted by Gasteiger charge is 2.37. The number of nitriles is 1. The number of unbranched alkanes of at least 4 members (excludes halogenated alkanes) is 1. The molecule has 146 valence electrons. The number of anilines is 1. The molecule has 1 aliphatic heterocycles. The fraction of sp³-hybridized carbons (Fsp3) is 0.391. The number of carbonyl (C=O) groups is 1. The number of ether oxygens (including phenoxy) is 1. The lowest BCUT2D eigenvalue weighted by Crippen LogP contribution is -2.46. The van der Waals surface area contributed by atoms with Crippen LogP contribution in [-0.4, -0.2) is 30.6 Å². The Labute approximate surface area is 166 Å². The Morgan fingerprint density at radius 2 is 1.82 bits per heavy atom. The van der Waals surface area contributed by atoms with Crippen molar-refractivity contribution in [1.29, 1.82) is 5.26 Å². The molecule has 1 N–H and O–H groups in total. The van der Waals surface area contributed by atoms with E-state index in [1.54, 1.807) is 4.90 Å². The monoisotopic (exact) mass is 377 g/mol. The van der Waals surface area contributed by atoms with Crippen LogP contribution in [0.4, 0.5) is 10.5 Å². The summed E-state index contributed by atoms with van der Waals surface area (Å²) >= 11 is 0. The fourth-order valence-corrected chi connectivity index (χ4v) is 3.49. The summed E-state index contributed by atoms with van der Waals surface area (Å²) in [6.45, 7) is 3.96. The minimum atomic E-state index is -0.504. The van der Waals surface area contributed by atoms with Crippen molar-refractivity contribution in [3.63, 3.8) is 0 Å². The van der Waals surface area contributed by atoms with E-state index in [0.29, 0.717) is 32.5 Å². The zero-order valence-corrected chi connectivity index (χ0v) is 16.4. The molecule has 0 bridgehead atoms. The van der Waals surface area contributed by atoms with Gasteiger partial charge in [0, 0.05) is 18.8 Å². The first-order chi connectivity index (χ1) is 13.7. The molecule has 0 unspecified atom stereocenters. The van der Waals surface area contributed by atoms with E-state index < -0.39 is 5.41 Å². The van der Waals surface area contributed by atoms with Gasteiger partial charge in [0.25, 0.3) is 0 Å². The molecular formula is C23H27N3O2. The van der Waals surface area contributed by atoms with Crippen molar-refractivity contribution in [2.45, 2.75) is 38.0 Å². The van der Waals surface area contributed by atoms with E-state index in [1.165, 1.54) is 0 Å². The van der Waals surface area contributed by atoms with Crippen LogP contribution in [0.5, 0.6) is 5.75 Å². The number of rotatable bonds is 6. The van der Waals surface area contributed by atoms with Gasteiger partial charge in [-0.15, -0.1) is 0 Å². The van der Waals surface area contributed by atoms with Crippen LogP contribution >= 0.6 is 0 Å². The van der Waals surface area contributed by atoms with E-state index in [0.717, 1.165) is 29.8 Å². The SMILES string of the molecule is CCCCOc1ccc(NC(=O)N2CCC(C#N)(c3ccccc3)CC2)cc1. The highest BCUT2D eigenvalue weighted by Crippen LogP contribution is 2.35. The molecular weight excluding hydrogens is 350 g/mol. The van der Waals surface area contributed by atoms with Crippen LogP contribution in [0.25, 0.3) is 0 Å². The standard InChI is InChI=1S/C23H27N3O2/c1-2-3-17-28-21-11-9-20(10-12-21)25-22(27)26-15-13-23(18-24,14-16-26)19-7-5-4-6-8-19/h4-12H,2-3,13-17H2,1H3,(H,25,27). The number of urea groups is 1. The lowest BCUT2D eigenvalue weighted by Gasteiger charge is -2.37. The molecule has 5 heteroatoms. The van der Waals surface area contributed by atoms with Gasteiger partial charge in [-0.1, -0.05) is 43.7 Å². The van der Waals surface area contributed by atoms with E-state index >= 15 is 0 Å². The molecule has 0 aliphatic carbocycles. The molecule has 2 aromatic carbocycles. The lowest BCUT2D eigenvalue weighted by molar-refractivity contribution is 0.183. The summed E-state index contributed by atoms with van der Waals surface area (Å²) in [5, 5.41) is 12.7. The highest BCUT2D eigenvalue weighted by molar-refractivity contribution is 5.89. The third-order valence-electron chi connectivity index (χ3n) is 5.32. The molecule has 28 heavy (non-hydrogen) atoms. The van der Waals surface area contributed by atoms with Gasteiger partial charge in [-0.05, 0) is 49.1 Å². The smallest absolute Gasteiger partial charge is 0.321 e. The van der Waals surface area contributed by atoms with E-state index in [4.69, 9.17) is 4.74 Å². The topological polar surface area (TPSA) is 65.4 Å². The molecule has 2 aromatic rings. The third kappa shape index (κ3) is 4.64. The Kier molecular flexibility index (Phi) is 6.54. The summed E-state index contributed by atoms with van der Waals surface area (Å²) in [4.78, 5) is 14.4.